The highest BCUT2D eigenvalue weighted by Crippen LogP contribution is 2.28. The van der Waals surface area contributed by atoms with E-state index in [0.717, 1.165) is 6.42 Å². The third kappa shape index (κ3) is 1.87. The molecule has 0 N–H and O–H groups in total. The van der Waals surface area contributed by atoms with Gasteiger partial charge in [-0.15, -0.1) is 0 Å². The summed E-state index contributed by atoms with van der Waals surface area (Å²) in [4.78, 5) is 0. The van der Waals surface area contributed by atoms with Crippen LogP contribution < -0.4 is 0 Å². The average Bonchev–Trinajstić information content (AvgIpc) is 2.48. The predicted molar refractivity (Wildman–Crippen MR) is 48.9 cm³/mol. The van der Waals surface area contributed by atoms with Crippen molar-refractivity contribution in [3.05, 3.63) is 12.7 Å². The zero-order chi connectivity index (χ0) is 9.19. The van der Waals surface area contributed by atoms with Crippen molar-refractivity contribution < 1.29 is 9.47 Å². The summed E-state index contributed by atoms with van der Waals surface area (Å²) in [6.45, 7) is 10.6. The van der Waals surface area contributed by atoms with Gasteiger partial charge in [-0.25, -0.2) is 0 Å². The minimum Gasteiger partial charge on any atom is -0.344 e. The third-order valence-corrected chi connectivity index (χ3v) is 2.57. The summed E-state index contributed by atoms with van der Waals surface area (Å²) in [6, 6.07) is 0. The van der Waals surface area contributed by atoms with E-state index in [1.54, 1.807) is 6.08 Å². The van der Waals surface area contributed by atoms with Gasteiger partial charge in [0.15, 0.2) is 5.79 Å². The van der Waals surface area contributed by atoms with Crippen molar-refractivity contribution in [2.24, 2.45) is 5.92 Å². The highest BCUT2D eigenvalue weighted by molar-refractivity contribution is 4.91. The van der Waals surface area contributed by atoms with Gasteiger partial charge in [-0.1, -0.05) is 26.8 Å². The average molecular weight is 170 g/mol. The van der Waals surface area contributed by atoms with Gasteiger partial charge in [-0.3, -0.25) is 0 Å². The summed E-state index contributed by atoms with van der Waals surface area (Å²) in [6.07, 6.45) is 3.08. The van der Waals surface area contributed by atoms with Crippen molar-refractivity contribution in [1.82, 2.24) is 0 Å². The molecule has 12 heavy (non-hydrogen) atoms. The molecule has 1 heterocycles. The molecule has 1 rings (SSSR count). The highest BCUT2D eigenvalue weighted by atomic mass is 16.7. The minimum atomic E-state index is -0.548. The number of hydrogen-bond acceptors (Lipinski definition) is 2. The first-order valence-corrected chi connectivity index (χ1v) is 4.56. The normalized spacial score (nSPS) is 38.1. The van der Waals surface area contributed by atoms with E-state index in [0.29, 0.717) is 12.5 Å². The Labute approximate surface area is 74.6 Å². The van der Waals surface area contributed by atoms with Crippen molar-refractivity contribution in [3.63, 3.8) is 0 Å². The molecule has 1 saturated heterocycles. The van der Waals surface area contributed by atoms with Crippen LogP contribution >= 0.6 is 0 Å². The lowest BCUT2D eigenvalue weighted by Gasteiger charge is -2.20. The summed E-state index contributed by atoms with van der Waals surface area (Å²) >= 11 is 0. The fourth-order valence-electron chi connectivity index (χ4n) is 1.27. The largest absolute Gasteiger partial charge is 0.344 e. The predicted octanol–water partition coefficient (Wildman–Crippen LogP) is 2.35. The zero-order valence-corrected chi connectivity index (χ0v) is 8.17. The smallest absolute Gasteiger partial charge is 0.185 e. The Hall–Kier alpha value is -0.340. The summed E-state index contributed by atoms with van der Waals surface area (Å²) < 4.78 is 11.2. The van der Waals surface area contributed by atoms with E-state index < -0.39 is 5.79 Å². The van der Waals surface area contributed by atoms with Gasteiger partial charge in [0, 0.05) is 0 Å². The first kappa shape index (κ1) is 9.75. The van der Waals surface area contributed by atoms with Crippen molar-refractivity contribution in [2.45, 2.75) is 39.1 Å². The molecule has 1 fully saturated rings. The Balaban J connectivity index is 2.50. The van der Waals surface area contributed by atoms with Gasteiger partial charge in [0.2, 0.25) is 0 Å². The molecular weight excluding hydrogens is 152 g/mol. The Morgan fingerprint density at radius 3 is 2.83 bits per heavy atom. The summed E-state index contributed by atoms with van der Waals surface area (Å²) in [5.41, 5.74) is 0. The van der Waals surface area contributed by atoms with Crippen LogP contribution in [0.1, 0.15) is 27.2 Å². The molecule has 3 atom stereocenters. The maximum atomic E-state index is 5.71. The zero-order valence-electron chi connectivity index (χ0n) is 8.17. The van der Waals surface area contributed by atoms with Crippen molar-refractivity contribution in [3.8, 4) is 0 Å². The molecule has 0 aromatic rings. The summed E-state index contributed by atoms with van der Waals surface area (Å²) in [7, 11) is 0. The van der Waals surface area contributed by atoms with Crippen molar-refractivity contribution >= 4 is 0 Å². The molecule has 0 amide bonds. The molecule has 0 aromatic heterocycles. The van der Waals surface area contributed by atoms with Gasteiger partial charge in [0.05, 0.1) is 12.7 Å². The summed E-state index contributed by atoms with van der Waals surface area (Å²) in [5, 5.41) is 0. The molecule has 1 aliphatic heterocycles. The Bertz CT molecular complexity index is 167. The van der Waals surface area contributed by atoms with E-state index in [4.69, 9.17) is 9.47 Å². The van der Waals surface area contributed by atoms with E-state index >= 15 is 0 Å². The Morgan fingerprint density at radius 2 is 2.42 bits per heavy atom. The first-order valence-electron chi connectivity index (χ1n) is 4.56. The van der Waals surface area contributed by atoms with Crippen LogP contribution in [0.25, 0.3) is 0 Å². The molecule has 0 bridgehead atoms. The van der Waals surface area contributed by atoms with E-state index in [-0.39, 0.29) is 6.10 Å². The highest BCUT2D eigenvalue weighted by Gasteiger charge is 2.36. The van der Waals surface area contributed by atoms with Crippen LogP contribution in [0.15, 0.2) is 12.7 Å². The third-order valence-electron chi connectivity index (χ3n) is 2.57. The van der Waals surface area contributed by atoms with Gasteiger partial charge >= 0.3 is 0 Å². The minimum absolute atomic E-state index is 0.234. The van der Waals surface area contributed by atoms with Gasteiger partial charge in [0.1, 0.15) is 0 Å². The number of rotatable bonds is 3. The molecule has 2 heteroatoms. The second-order valence-corrected chi connectivity index (χ2v) is 3.57. The molecular formula is C10H18O2. The van der Waals surface area contributed by atoms with E-state index in [1.807, 2.05) is 6.92 Å². The van der Waals surface area contributed by atoms with E-state index in [2.05, 4.69) is 20.4 Å². The summed E-state index contributed by atoms with van der Waals surface area (Å²) in [5.74, 6) is 0.0143. The number of ether oxygens (including phenoxy) is 2. The van der Waals surface area contributed by atoms with Crippen LogP contribution in [0.3, 0.4) is 0 Å². The standard InChI is InChI=1S/C10H18O2/c1-5-8(3)9-7-11-10(4,6-2)12-9/h6,8-9H,2,5,7H2,1,3-4H3/t8-,9?,10?/m0/s1. The van der Waals surface area contributed by atoms with E-state index in [1.165, 1.54) is 0 Å². The van der Waals surface area contributed by atoms with Crippen LogP contribution in [-0.4, -0.2) is 18.5 Å². The molecule has 0 saturated carbocycles. The first-order chi connectivity index (χ1) is 5.61. The lowest BCUT2D eigenvalue weighted by atomic mass is 10.0. The van der Waals surface area contributed by atoms with Gasteiger partial charge in [-0.05, 0) is 18.9 Å². The quantitative estimate of drug-likeness (QED) is 0.605. The number of hydrogen-bond donors (Lipinski definition) is 0. The molecule has 2 nitrogen and oxygen atoms in total. The van der Waals surface area contributed by atoms with Crippen LogP contribution in [0.5, 0.6) is 0 Å². The monoisotopic (exact) mass is 170 g/mol. The topological polar surface area (TPSA) is 18.5 Å². The second-order valence-electron chi connectivity index (χ2n) is 3.57. The molecule has 70 valence electrons. The lowest BCUT2D eigenvalue weighted by Crippen LogP contribution is -2.25. The fourth-order valence-corrected chi connectivity index (χ4v) is 1.27. The maximum absolute atomic E-state index is 5.71. The molecule has 1 aliphatic rings. The van der Waals surface area contributed by atoms with Crippen molar-refractivity contribution in [1.29, 1.82) is 0 Å². The maximum Gasteiger partial charge on any atom is 0.185 e. The molecule has 0 radical (unpaired) electrons. The second kappa shape index (κ2) is 3.58. The van der Waals surface area contributed by atoms with Crippen LogP contribution in [0.4, 0.5) is 0 Å². The Morgan fingerprint density at radius 1 is 1.75 bits per heavy atom. The Kier molecular flexibility index (Phi) is 2.91. The SMILES string of the molecule is C=CC1(C)OCC([C@@H](C)CC)O1. The van der Waals surface area contributed by atoms with Crippen LogP contribution in [0.2, 0.25) is 0 Å². The van der Waals surface area contributed by atoms with Gasteiger partial charge in [0.25, 0.3) is 0 Å². The van der Waals surface area contributed by atoms with E-state index in [9.17, 15) is 0 Å². The molecule has 0 spiro atoms. The van der Waals surface area contributed by atoms with Crippen LogP contribution in [-0.2, 0) is 9.47 Å². The van der Waals surface area contributed by atoms with Crippen molar-refractivity contribution in [2.75, 3.05) is 6.61 Å². The van der Waals surface area contributed by atoms with Gasteiger partial charge < -0.3 is 9.47 Å². The molecule has 2 unspecified atom stereocenters. The van der Waals surface area contributed by atoms with Gasteiger partial charge in [-0.2, -0.15) is 0 Å². The molecule has 0 aliphatic carbocycles. The fraction of sp³-hybridized carbons (Fsp3) is 0.800. The van der Waals surface area contributed by atoms with Crippen LogP contribution in [0, 0.1) is 5.92 Å². The molecule has 0 aromatic carbocycles. The lowest BCUT2D eigenvalue weighted by molar-refractivity contribution is -0.119.